The van der Waals surface area contributed by atoms with Crippen LogP contribution in [0.5, 0.6) is 6.01 Å². The van der Waals surface area contributed by atoms with Crippen LogP contribution in [0.2, 0.25) is 5.02 Å². The molecule has 5 nitrogen and oxygen atoms in total. The third kappa shape index (κ3) is 4.09. The first-order valence-electron chi connectivity index (χ1n) is 11.0. The van der Waals surface area contributed by atoms with E-state index in [1.54, 1.807) is 0 Å². The molecule has 0 bridgehead atoms. The first-order valence-corrected chi connectivity index (χ1v) is 11.3. The summed E-state index contributed by atoms with van der Waals surface area (Å²) >= 11 is 6.53. The lowest BCUT2D eigenvalue weighted by molar-refractivity contribution is 0.183. The maximum atomic E-state index is 15.9. The third-order valence-corrected chi connectivity index (χ3v) is 6.57. The zero-order chi connectivity index (χ0) is 23.3. The number of nitrogens with zero attached hydrogens (tertiary/aromatic N) is 2. The number of H-pyrrole nitrogens is 1. The molecule has 0 amide bonds. The van der Waals surface area contributed by atoms with E-state index < -0.39 is 11.4 Å². The standard InChI is InChI=1S/C26H25ClFN3O2/c1-15-10-16-6-4-5-7-17(16)18(11-15)21-20(27)12-19-23(22(21)28)29-25(30-24(19)32)33-14-26(8-9-26)13-31(2)3/h4-7,10-12H,8-9,13-14H2,1-3H3,(H,29,30,32). The quantitative estimate of drug-likeness (QED) is 0.404. The summed E-state index contributed by atoms with van der Waals surface area (Å²) in [5.74, 6) is -0.626. The van der Waals surface area contributed by atoms with Gasteiger partial charge < -0.3 is 9.64 Å². The van der Waals surface area contributed by atoms with Gasteiger partial charge in [0.1, 0.15) is 5.52 Å². The number of aromatic amines is 1. The number of halogens is 2. The molecule has 1 fully saturated rings. The van der Waals surface area contributed by atoms with E-state index in [-0.39, 0.29) is 32.9 Å². The van der Waals surface area contributed by atoms with Gasteiger partial charge in [-0.3, -0.25) is 9.78 Å². The lowest BCUT2D eigenvalue weighted by Crippen LogP contribution is -2.28. The van der Waals surface area contributed by atoms with Crippen molar-refractivity contribution in [3.63, 3.8) is 0 Å². The molecule has 0 atom stereocenters. The molecule has 1 heterocycles. The van der Waals surface area contributed by atoms with Crippen LogP contribution in [0.15, 0.2) is 47.3 Å². The fraction of sp³-hybridized carbons (Fsp3) is 0.308. The second kappa shape index (κ2) is 8.12. The van der Waals surface area contributed by atoms with Crippen molar-refractivity contribution in [2.45, 2.75) is 19.8 Å². The van der Waals surface area contributed by atoms with Crippen molar-refractivity contribution >= 4 is 33.3 Å². The van der Waals surface area contributed by atoms with Gasteiger partial charge in [-0.1, -0.05) is 48.0 Å². The van der Waals surface area contributed by atoms with Crippen molar-refractivity contribution < 1.29 is 9.13 Å². The summed E-state index contributed by atoms with van der Waals surface area (Å²) in [6, 6.07) is 13.2. The molecule has 170 valence electrons. The maximum absolute atomic E-state index is 15.9. The van der Waals surface area contributed by atoms with Gasteiger partial charge in [0.25, 0.3) is 11.6 Å². The molecule has 1 aromatic heterocycles. The van der Waals surface area contributed by atoms with E-state index in [9.17, 15) is 4.79 Å². The highest BCUT2D eigenvalue weighted by Crippen LogP contribution is 2.46. The van der Waals surface area contributed by atoms with Gasteiger partial charge in [-0.2, -0.15) is 4.98 Å². The average molecular weight is 466 g/mol. The van der Waals surface area contributed by atoms with E-state index in [0.717, 1.165) is 35.7 Å². The smallest absolute Gasteiger partial charge is 0.297 e. The molecular formula is C26H25ClFN3O2. The van der Waals surface area contributed by atoms with Crippen molar-refractivity contribution in [2.24, 2.45) is 5.41 Å². The second-order valence-electron chi connectivity index (χ2n) is 9.37. The number of hydrogen-bond donors (Lipinski definition) is 1. The number of rotatable bonds is 6. The molecule has 0 spiro atoms. The molecule has 1 N–H and O–H groups in total. The molecule has 4 aromatic rings. The first kappa shape index (κ1) is 21.9. The van der Waals surface area contributed by atoms with Gasteiger partial charge in [-0.05, 0) is 61.8 Å². The monoisotopic (exact) mass is 465 g/mol. The van der Waals surface area contributed by atoms with Crippen LogP contribution < -0.4 is 10.3 Å². The number of ether oxygens (including phenoxy) is 1. The number of aryl methyl sites for hydroxylation is 1. The Morgan fingerprint density at radius 1 is 1.18 bits per heavy atom. The van der Waals surface area contributed by atoms with Crippen LogP contribution in [0, 0.1) is 18.2 Å². The van der Waals surface area contributed by atoms with Crippen molar-refractivity contribution in [1.29, 1.82) is 0 Å². The van der Waals surface area contributed by atoms with Crippen LogP contribution >= 0.6 is 11.6 Å². The van der Waals surface area contributed by atoms with Crippen LogP contribution in [-0.2, 0) is 0 Å². The van der Waals surface area contributed by atoms with E-state index >= 15 is 4.39 Å². The molecular weight excluding hydrogens is 441 g/mol. The Kier molecular flexibility index (Phi) is 5.38. The Hall–Kier alpha value is -2.96. The Balaban J connectivity index is 1.62. The highest BCUT2D eigenvalue weighted by atomic mass is 35.5. The molecule has 0 aliphatic heterocycles. The molecule has 7 heteroatoms. The zero-order valence-corrected chi connectivity index (χ0v) is 19.6. The number of fused-ring (bicyclic) bond motifs is 2. The highest BCUT2D eigenvalue weighted by Gasteiger charge is 2.44. The van der Waals surface area contributed by atoms with Crippen molar-refractivity contribution in [2.75, 3.05) is 27.2 Å². The average Bonchev–Trinajstić information content (AvgIpc) is 3.52. The molecule has 0 radical (unpaired) electrons. The summed E-state index contributed by atoms with van der Waals surface area (Å²) in [4.78, 5) is 21.8. The first-order chi connectivity index (χ1) is 15.8. The third-order valence-electron chi connectivity index (χ3n) is 6.27. The fourth-order valence-corrected chi connectivity index (χ4v) is 4.88. The summed E-state index contributed by atoms with van der Waals surface area (Å²) in [6.07, 6.45) is 2.11. The zero-order valence-electron chi connectivity index (χ0n) is 18.8. The highest BCUT2D eigenvalue weighted by molar-refractivity contribution is 6.34. The summed E-state index contributed by atoms with van der Waals surface area (Å²) < 4.78 is 21.8. The van der Waals surface area contributed by atoms with Crippen LogP contribution in [0.25, 0.3) is 32.8 Å². The maximum Gasteiger partial charge on any atom is 0.297 e. The van der Waals surface area contributed by atoms with Crippen molar-refractivity contribution in [3.05, 3.63) is 69.2 Å². The number of aromatic nitrogens is 2. The topological polar surface area (TPSA) is 58.2 Å². The van der Waals surface area contributed by atoms with Crippen LogP contribution in [0.3, 0.4) is 0 Å². The normalized spacial score (nSPS) is 14.8. The van der Waals surface area contributed by atoms with E-state index in [0.29, 0.717) is 12.2 Å². The summed E-state index contributed by atoms with van der Waals surface area (Å²) in [6.45, 7) is 3.27. The molecule has 5 rings (SSSR count). The van der Waals surface area contributed by atoms with Crippen LogP contribution in [0.1, 0.15) is 18.4 Å². The predicted molar refractivity (Wildman–Crippen MR) is 131 cm³/mol. The molecule has 0 saturated heterocycles. The molecule has 1 saturated carbocycles. The van der Waals surface area contributed by atoms with E-state index in [2.05, 4.69) is 14.9 Å². The predicted octanol–water partition coefficient (Wildman–Crippen LogP) is 5.56. The summed E-state index contributed by atoms with van der Waals surface area (Å²) in [5, 5.41) is 2.13. The molecule has 0 unspecified atom stereocenters. The minimum absolute atomic E-state index is 0.0267. The van der Waals surface area contributed by atoms with Gasteiger partial charge in [-0.25, -0.2) is 4.39 Å². The Bertz CT molecular complexity index is 1440. The SMILES string of the molecule is Cc1cc(-c2c(Cl)cc3c(=O)[nH]c(OCC4(CN(C)C)CC4)nc3c2F)c2ccccc2c1. The van der Waals surface area contributed by atoms with Crippen molar-refractivity contribution in [1.82, 2.24) is 14.9 Å². The van der Waals surface area contributed by atoms with Gasteiger partial charge in [0.15, 0.2) is 5.82 Å². The number of hydrogen-bond acceptors (Lipinski definition) is 4. The summed E-state index contributed by atoms with van der Waals surface area (Å²) in [5.41, 5.74) is 1.42. The largest absolute Gasteiger partial charge is 0.464 e. The van der Waals surface area contributed by atoms with E-state index in [1.807, 2.05) is 57.4 Å². The van der Waals surface area contributed by atoms with Gasteiger partial charge in [0, 0.05) is 17.5 Å². The van der Waals surface area contributed by atoms with Crippen molar-refractivity contribution in [3.8, 4) is 17.1 Å². The molecule has 33 heavy (non-hydrogen) atoms. The Labute approximate surface area is 196 Å². The summed E-state index contributed by atoms with van der Waals surface area (Å²) in [7, 11) is 4.04. The Morgan fingerprint density at radius 2 is 1.94 bits per heavy atom. The minimum atomic E-state index is -0.626. The lowest BCUT2D eigenvalue weighted by Gasteiger charge is -2.20. The Morgan fingerprint density at radius 3 is 2.67 bits per heavy atom. The van der Waals surface area contributed by atoms with Crippen LogP contribution in [0.4, 0.5) is 4.39 Å². The number of nitrogens with one attached hydrogen (secondary N) is 1. The number of benzene rings is 3. The fourth-order valence-electron chi connectivity index (χ4n) is 4.58. The van der Waals surface area contributed by atoms with E-state index in [4.69, 9.17) is 16.3 Å². The van der Waals surface area contributed by atoms with Gasteiger partial charge >= 0.3 is 0 Å². The minimum Gasteiger partial charge on any atom is -0.464 e. The van der Waals surface area contributed by atoms with Gasteiger partial charge in [-0.15, -0.1) is 0 Å². The molecule has 1 aliphatic carbocycles. The molecule has 1 aliphatic rings. The lowest BCUT2D eigenvalue weighted by atomic mass is 9.95. The second-order valence-corrected chi connectivity index (χ2v) is 9.78. The van der Waals surface area contributed by atoms with E-state index in [1.165, 1.54) is 6.07 Å². The van der Waals surface area contributed by atoms with Gasteiger partial charge in [0.2, 0.25) is 0 Å². The van der Waals surface area contributed by atoms with Gasteiger partial charge in [0.05, 0.1) is 17.0 Å². The molecule has 3 aromatic carbocycles. The van der Waals surface area contributed by atoms with Crippen LogP contribution in [-0.4, -0.2) is 42.1 Å².